The minimum atomic E-state index is -4.50. The van der Waals surface area contributed by atoms with Gasteiger partial charge in [-0.3, -0.25) is 4.79 Å². The number of nitrogens with one attached hydrogen (secondary N) is 1. The molecule has 29 heavy (non-hydrogen) atoms. The van der Waals surface area contributed by atoms with Crippen molar-refractivity contribution in [3.05, 3.63) is 65.5 Å². The Bertz CT molecular complexity index is 1010. The molecule has 3 aromatic rings. The van der Waals surface area contributed by atoms with Crippen LogP contribution in [-0.4, -0.2) is 39.7 Å². The molecule has 2 heterocycles. The number of benzene rings is 1. The molecule has 0 atom stereocenters. The third kappa shape index (κ3) is 4.54. The Labute approximate surface area is 165 Å². The summed E-state index contributed by atoms with van der Waals surface area (Å²) >= 11 is 0. The van der Waals surface area contributed by atoms with Gasteiger partial charge in [0.25, 0.3) is 5.91 Å². The second-order valence-electron chi connectivity index (χ2n) is 6.61. The second-order valence-corrected chi connectivity index (χ2v) is 6.61. The van der Waals surface area contributed by atoms with Gasteiger partial charge in [0.2, 0.25) is 0 Å². The Balaban J connectivity index is 1.83. The number of nitrogen functional groups attached to an aromatic ring is 1. The maximum atomic E-state index is 12.6. The summed E-state index contributed by atoms with van der Waals surface area (Å²) in [6, 6.07) is 9.41. The summed E-state index contributed by atoms with van der Waals surface area (Å²) in [5.74, 6) is -0.533. The van der Waals surface area contributed by atoms with Crippen molar-refractivity contribution in [2.45, 2.75) is 12.7 Å². The molecule has 0 aliphatic carbocycles. The summed E-state index contributed by atoms with van der Waals surface area (Å²) in [5.41, 5.74) is 7.00. The molecule has 0 saturated heterocycles. The normalized spacial score (nSPS) is 11.7. The fourth-order valence-electron chi connectivity index (χ4n) is 2.74. The summed E-state index contributed by atoms with van der Waals surface area (Å²) in [4.78, 5) is 18.1. The Morgan fingerprint density at radius 3 is 2.52 bits per heavy atom. The number of halogens is 3. The SMILES string of the molecule is CN(C)Cc1ccccc1-n1ncc(C(=O)Nc2ccc(C(F)(F)F)cn2)c1N. The highest BCUT2D eigenvalue weighted by Gasteiger charge is 2.30. The zero-order valence-corrected chi connectivity index (χ0v) is 15.7. The van der Waals surface area contributed by atoms with Crippen LogP contribution in [0.3, 0.4) is 0 Å². The molecule has 0 aliphatic rings. The minimum absolute atomic E-state index is 0.0249. The molecule has 152 valence electrons. The van der Waals surface area contributed by atoms with Crippen LogP contribution in [0.15, 0.2) is 48.8 Å². The van der Waals surface area contributed by atoms with Gasteiger partial charge in [-0.25, -0.2) is 9.67 Å². The monoisotopic (exact) mass is 404 g/mol. The number of anilines is 2. The van der Waals surface area contributed by atoms with Crippen molar-refractivity contribution in [3.8, 4) is 5.69 Å². The number of amides is 1. The highest BCUT2D eigenvalue weighted by Crippen LogP contribution is 2.29. The molecule has 1 aromatic carbocycles. The predicted octanol–water partition coefficient (Wildman–Crippen LogP) is 3.18. The molecule has 3 N–H and O–H groups in total. The van der Waals surface area contributed by atoms with Crippen LogP contribution in [0.1, 0.15) is 21.5 Å². The van der Waals surface area contributed by atoms with E-state index in [1.54, 1.807) is 0 Å². The first-order valence-electron chi connectivity index (χ1n) is 8.58. The molecule has 0 spiro atoms. The van der Waals surface area contributed by atoms with Crippen LogP contribution >= 0.6 is 0 Å². The molecule has 0 saturated carbocycles. The summed E-state index contributed by atoms with van der Waals surface area (Å²) in [6.45, 7) is 0.645. The molecule has 3 rings (SSSR count). The number of aromatic nitrogens is 3. The van der Waals surface area contributed by atoms with Crippen LogP contribution in [0.4, 0.5) is 24.8 Å². The number of pyridine rings is 1. The van der Waals surface area contributed by atoms with E-state index in [0.29, 0.717) is 12.7 Å². The van der Waals surface area contributed by atoms with Gasteiger partial charge in [0.15, 0.2) is 0 Å². The van der Waals surface area contributed by atoms with Gasteiger partial charge >= 0.3 is 6.18 Å². The predicted molar refractivity (Wildman–Crippen MR) is 103 cm³/mol. The molecule has 0 bridgehead atoms. The van der Waals surface area contributed by atoms with Crippen molar-refractivity contribution < 1.29 is 18.0 Å². The first-order valence-corrected chi connectivity index (χ1v) is 8.58. The van der Waals surface area contributed by atoms with E-state index >= 15 is 0 Å². The van der Waals surface area contributed by atoms with Crippen LogP contribution in [0.25, 0.3) is 5.69 Å². The van der Waals surface area contributed by atoms with Gasteiger partial charge in [0.05, 0.1) is 17.4 Å². The maximum Gasteiger partial charge on any atom is 0.417 e. The first kappa shape index (κ1) is 20.3. The highest BCUT2D eigenvalue weighted by atomic mass is 19.4. The third-order valence-electron chi connectivity index (χ3n) is 4.09. The molecule has 0 aliphatic heterocycles. The molecule has 10 heteroatoms. The average Bonchev–Trinajstić information content (AvgIpc) is 3.03. The summed E-state index contributed by atoms with van der Waals surface area (Å²) in [6.07, 6.45) is -2.54. The van der Waals surface area contributed by atoms with E-state index in [1.807, 2.05) is 43.3 Å². The van der Waals surface area contributed by atoms with Crippen molar-refractivity contribution in [3.63, 3.8) is 0 Å². The van der Waals surface area contributed by atoms with E-state index in [2.05, 4.69) is 15.4 Å². The Morgan fingerprint density at radius 1 is 1.17 bits per heavy atom. The van der Waals surface area contributed by atoms with Crippen molar-refractivity contribution >= 4 is 17.5 Å². The molecule has 0 fully saturated rings. The van der Waals surface area contributed by atoms with Crippen LogP contribution in [0, 0.1) is 0 Å². The molecule has 2 aromatic heterocycles. The van der Waals surface area contributed by atoms with E-state index in [0.717, 1.165) is 23.4 Å². The Hall–Kier alpha value is -3.40. The van der Waals surface area contributed by atoms with Gasteiger partial charge < -0.3 is 16.0 Å². The van der Waals surface area contributed by atoms with E-state index in [9.17, 15) is 18.0 Å². The third-order valence-corrected chi connectivity index (χ3v) is 4.09. The van der Waals surface area contributed by atoms with Gasteiger partial charge in [-0.2, -0.15) is 18.3 Å². The highest BCUT2D eigenvalue weighted by molar-refractivity contribution is 6.06. The lowest BCUT2D eigenvalue weighted by molar-refractivity contribution is -0.137. The van der Waals surface area contributed by atoms with E-state index in [1.165, 1.54) is 10.9 Å². The zero-order chi connectivity index (χ0) is 21.2. The zero-order valence-electron chi connectivity index (χ0n) is 15.7. The number of para-hydroxylation sites is 1. The fourth-order valence-corrected chi connectivity index (χ4v) is 2.74. The van der Waals surface area contributed by atoms with Gasteiger partial charge in [0, 0.05) is 12.7 Å². The molecular formula is C19H19F3N6O. The van der Waals surface area contributed by atoms with Crippen LogP contribution in [0.5, 0.6) is 0 Å². The number of nitrogens with zero attached hydrogens (tertiary/aromatic N) is 4. The Kier molecular flexibility index (Phi) is 5.55. The number of alkyl halides is 3. The van der Waals surface area contributed by atoms with Gasteiger partial charge in [-0.15, -0.1) is 0 Å². The minimum Gasteiger partial charge on any atom is -0.383 e. The van der Waals surface area contributed by atoms with Gasteiger partial charge in [-0.1, -0.05) is 18.2 Å². The average molecular weight is 404 g/mol. The van der Waals surface area contributed by atoms with Crippen molar-refractivity contribution in [1.29, 1.82) is 0 Å². The lowest BCUT2D eigenvalue weighted by Gasteiger charge is -2.15. The summed E-state index contributed by atoms with van der Waals surface area (Å²) in [7, 11) is 3.86. The standard InChI is InChI=1S/C19H19F3N6O/c1-27(2)11-12-5-3-4-6-15(12)28-17(23)14(10-25-28)18(29)26-16-8-7-13(9-24-16)19(20,21)22/h3-10H,11,23H2,1-2H3,(H,24,26,29). The number of nitrogens with two attached hydrogens (primary N) is 1. The molecule has 7 nitrogen and oxygen atoms in total. The fraction of sp³-hybridized carbons (Fsp3) is 0.211. The van der Waals surface area contributed by atoms with Gasteiger partial charge in [0.1, 0.15) is 17.2 Å². The summed E-state index contributed by atoms with van der Waals surface area (Å²) in [5, 5.41) is 6.64. The number of hydrogen-bond donors (Lipinski definition) is 2. The number of carbonyl (C=O) groups excluding carboxylic acids is 1. The number of carbonyl (C=O) groups is 1. The quantitative estimate of drug-likeness (QED) is 0.682. The largest absolute Gasteiger partial charge is 0.417 e. The van der Waals surface area contributed by atoms with Crippen LogP contribution < -0.4 is 11.1 Å². The number of hydrogen-bond acceptors (Lipinski definition) is 5. The number of rotatable bonds is 5. The molecule has 1 amide bonds. The van der Waals surface area contributed by atoms with E-state index in [4.69, 9.17) is 5.73 Å². The molecule has 0 unspecified atom stereocenters. The Morgan fingerprint density at radius 2 is 1.90 bits per heavy atom. The first-order chi connectivity index (χ1) is 13.7. The van der Waals surface area contributed by atoms with Crippen molar-refractivity contribution in [2.24, 2.45) is 0 Å². The maximum absolute atomic E-state index is 12.6. The summed E-state index contributed by atoms with van der Waals surface area (Å²) < 4.78 is 39.3. The van der Waals surface area contributed by atoms with Crippen molar-refractivity contribution in [1.82, 2.24) is 19.7 Å². The van der Waals surface area contributed by atoms with Gasteiger partial charge in [-0.05, 0) is 37.9 Å². The lowest BCUT2D eigenvalue weighted by Crippen LogP contribution is -2.16. The van der Waals surface area contributed by atoms with Crippen molar-refractivity contribution in [2.75, 3.05) is 25.1 Å². The smallest absolute Gasteiger partial charge is 0.383 e. The van der Waals surface area contributed by atoms with Crippen LogP contribution in [0.2, 0.25) is 0 Å². The molecule has 0 radical (unpaired) electrons. The van der Waals surface area contributed by atoms with Crippen LogP contribution in [-0.2, 0) is 12.7 Å². The second kappa shape index (κ2) is 7.92. The van der Waals surface area contributed by atoms with E-state index in [-0.39, 0.29) is 17.2 Å². The van der Waals surface area contributed by atoms with E-state index < -0.39 is 17.6 Å². The lowest BCUT2D eigenvalue weighted by atomic mass is 10.1. The topological polar surface area (TPSA) is 89.1 Å². The molecular weight excluding hydrogens is 385 g/mol.